The van der Waals surface area contributed by atoms with Crippen LogP contribution in [0.2, 0.25) is 5.02 Å². The molecule has 3 nitrogen and oxygen atoms in total. The molecule has 0 aliphatic carbocycles. The maximum atomic E-state index is 14.2. The van der Waals surface area contributed by atoms with Gasteiger partial charge in [-0.15, -0.1) is 0 Å². The van der Waals surface area contributed by atoms with E-state index in [0.29, 0.717) is 5.69 Å². The minimum absolute atomic E-state index is 0.0595. The Morgan fingerprint density at radius 1 is 1.00 bits per heavy atom. The molecule has 3 rings (SSSR count). The molecule has 8 heteroatoms. The average Bonchev–Trinajstić information content (AvgIpc) is 2.77. The average molecular weight is 370 g/mol. The highest BCUT2D eigenvalue weighted by Gasteiger charge is 2.21. The van der Waals surface area contributed by atoms with Gasteiger partial charge in [-0.2, -0.15) is 5.10 Å². The molecule has 1 heterocycles. The highest BCUT2D eigenvalue weighted by Crippen LogP contribution is 2.36. The minimum atomic E-state index is -0.908. The van der Waals surface area contributed by atoms with E-state index in [1.165, 1.54) is 17.8 Å². The number of aromatic nitrogens is 2. The van der Waals surface area contributed by atoms with Crippen molar-refractivity contribution in [2.75, 3.05) is 5.32 Å². The molecule has 0 unspecified atom stereocenters. The molecule has 2 aromatic carbocycles. The second-order valence-electron chi connectivity index (χ2n) is 5.43. The van der Waals surface area contributed by atoms with Gasteiger partial charge in [0.1, 0.15) is 23.1 Å². The van der Waals surface area contributed by atoms with E-state index in [1.807, 2.05) is 0 Å². The Bertz CT molecular complexity index is 946. The van der Waals surface area contributed by atoms with E-state index in [9.17, 15) is 17.6 Å². The summed E-state index contributed by atoms with van der Waals surface area (Å²) in [6, 6.07) is 4.98. The second kappa shape index (κ2) is 6.40. The number of hydrogen-bond donors (Lipinski definition) is 1. The van der Waals surface area contributed by atoms with Crippen molar-refractivity contribution in [2.24, 2.45) is 7.05 Å². The van der Waals surface area contributed by atoms with Gasteiger partial charge in [0, 0.05) is 23.7 Å². The van der Waals surface area contributed by atoms with Crippen LogP contribution in [0, 0.1) is 30.2 Å². The van der Waals surface area contributed by atoms with Crippen molar-refractivity contribution < 1.29 is 17.6 Å². The minimum Gasteiger partial charge on any atom is -0.335 e. The molecule has 0 aliphatic heterocycles. The molecule has 0 amide bonds. The highest BCUT2D eigenvalue weighted by molar-refractivity contribution is 6.30. The summed E-state index contributed by atoms with van der Waals surface area (Å²) in [5.74, 6) is -3.20. The third-order valence-electron chi connectivity index (χ3n) is 3.67. The van der Waals surface area contributed by atoms with Gasteiger partial charge in [-0.1, -0.05) is 11.6 Å². The van der Waals surface area contributed by atoms with Gasteiger partial charge in [0.05, 0.1) is 11.3 Å². The Morgan fingerprint density at radius 2 is 1.64 bits per heavy atom. The van der Waals surface area contributed by atoms with E-state index in [4.69, 9.17) is 11.6 Å². The lowest BCUT2D eigenvalue weighted by atomic mass is 10.0. The fourth-order valence-corrected chi connectivity index (χ4v) is 2.79. The summed E-state index contributed by atoms with van der Waals surface area (Å²) in [5.41, 5.74) is 0.291. The number of hydrogen-bond acceptors (Lipinski definition) is 2. The lowest BCUT2D eigenvalue weighted by Gasteiger charge is -2.12. The van der Waals surface area contributed by atoms with E-state index in [2.05, 4.69) is 10.4 Å². The maximum absolute atomic E-state index is 14.2. The van der Waals surface area contributed by atoms with Gasteiger partial charge in [-0.05, 0) is 31.2 Å². The zero-order valence-corrected chi connectivity index (χ0v) is 13.9. The smallest absolute Gasteiger partial charge is 0.151 e. The van der Waals surface area contributed by atoms with E-state index in [-0.39, 0.29) is 22.0 Å². The third kappa shape index (κ3) is 3.19. The third-order valence-corrected chi connectivity index (χ3v) is 3.89. The lowest BCUT2D eigenvalue weighted by molar-refractivity contribution is 0.585. The zero-order chi connectivity index (χ0) is 18.3. The summed E-state index contributed by atoms with van der Waals surface area (Å²) in [7, 11) is 1.53. The molecule has 1 N–H and O–H groups in total. The molecule has 0 saturated carbocycles. The van der Waals surface area contributed by atoms with Gasteiger partial charge in [-0.3, -0.25) is 4.68 Å². The van der Waals surface area contributed by atoms with Crippen LogP contribution in [-0.2, 0) is 7.05 Å². The Labute approximate surface area is 145 Å². The fraction of sp³-hybridized carbons (Fsp3) is 0.118. The van der Waals surface area contributed by atoms with Crippen LogP contribution in [0.4, 0.5) is 29.1 Å². The van der Waals surface area contributed by atoms with Crippen LogP contribution < -0.4 is 5.32 Å². The van der Waals surface area contributed by atoms with Gasteiger partial charge in [0.25, 0.3) is 0 Å². The molecule has 0 atom stereocenters. The quantitative estimate of drug-likeness (QED) is 0.631. The Morgan fingerprint density at radius 3 is 2.24 bits per heavy atom. The van der Waals surface area contributed by atoms with Crippen molar-refractivity contribution in [1.82, 2.24) is 9.78 Å². The number of benzene rings is 2. The van der Waals surface area contributed by atoms with Crippen LogP contribution in [0.25, 0.3) is 11.1 Å². The SMILES string of the molecule is Cc1nn(C)c(Nc2c(F)cc(Cl)cc2F)c1-c1ccc(F)cc1F. The van der Waals surface area contributed by atoms with Crippen molar-refractivity contribution in [2.45, 2.75) is 6.92 Å². The summed E-state index contributed by atoms with van der Waals surface area (Å²) < 4.78 is 56.8. The molecule has 130 valence electrons. The van der Waals surface area contributed by atoms with Crippen molar-refractivity contribution >= 4 is 23.1 Å². The molecule has 0 saturated heterocycles. The predicted molar refractivity (Wildman–Crippen MR) is 87.9 cm³/mol. The topological polar surface area (TPSA) is 29.9 Å². The first-order valence-corrected chi connectivity index (χ1v) is 7.56. The van der Waals surface area contributed by atoms with Crippen molar-refractivity contribution in [3.63, 3.8) is 0 Å². The Balaban J connectivity index is 2.16. The number of nitrogens with zero attached hydrogens (tertiary/aromatic N) is 2. The molecule has 25 heavy (non-hydrogen) atoms. The summed E-state index contributed by atoms with van der Waals surface area (Å²) in [6.07, 6.45) is 0. The van der Waals surface area contributed by atoms with Crippen molar-refractivity contribution in [3.8, 4) is 11.1 Å². The van der Waals surface area contributed by atoms with E-state index < -0.39 is 29.0 Å². The molecule has 0 fully saturated rings. The Kier molecular flexibility index (Phi) is 4.43. The molecule has 1 aromatic heterocycles. The highest BCUT2D eigenvalue weighted by atomic mass is 35.5. The summed E-state index contributed by atoms with van der Waals surface area (Å²) in [4.78, 5) is 0. The first kappa shape index (κ1) is 17.3. The molecule has 0 radical (unpaired) electrons. The largest absolute Gasteiger partial charge is 0.335 e. The van der Waals surface area contributed by atoms with Gasteiger partial charge < -0.3 is 5.32 Å². The zero-order valence-electron chi connectivity index (χ0n) is 13.2. The summed E-state index contributed by atoms with van der Waals surface area (Å²) in [6.45, 7) is 1.61. The number of halogens is 5. The lowest BCUT2D eigenvalue weighted by Crippen LogP contribution is -2.04. The monoisotopic (exact) mass is 369 g/mol. The molecule has 0 aliphatic rings. The molecule has 0 spiro atoms. The molecular weight excluding hydrogens is 358 g/mol. The van der Waals surface area contributed by atoms with E-state index in [1.54, 1.807) is 6.92 Å². The standard InChI is InChI=1S/C17H12ClF4N3/c1-8-15(11-4-3-10(19)7-12(11)20)17(25(2)24-8)23-16-13(21)5-9(18)6-14(16)22/h3-7,23H,1-2H3. The number of nitrogens with one attached hydrogen (secondary N) is 1. The van der Waals surface area contributed by atoms with Crippen molar-refractivity contribution in [1.29, 1.82) is 0 Å². The molecular formula is C17H12ClF4N3. The number of rotatable bonds is 3. The van der Waals surface area contributed by atoms with Crippen LogP contribution in [-0.4, -0.2) is 9.78 Å². The Hall–Kier alpha value is -2.54. The summed E-state index contributed by atoms with van der Waals surface area (Å²) >= 11 is 5.61. The molecule has 0 bridgehead atoms. The normalized spacial score (nSPS) is 11.0. The molecule has 3 aromatic rings. The number of aryl methyl sites for hydroxylation is 2. The van der Waals surface area contributed by atoms with Crippen LogP contribution >= 0.6 is 11.6 Å². The van der Waals surface area contributed by atoms with Gasteiger partial charge >= 0.3 is 0 Å². The first-order chi connectivity index (χ1) is 11.8. The first-order valence-electron chi connectivity index (χ1n) is 7.18. The fourth-order valence-electron chi connectivity index (χ4n) is 2.60. The predicted octanol–water partition coefficient (Wildman–Crippen LogP) is 5.35. The van der Waals surface area contributed by atoms with Gasteiger partial charge in [0.2, 0.25) is 0 Å². The van der Waals surface area contributed by atoms with Crippen LogP contribution in [0.15, 0.2) is 30.3 Å². The van der Waals surface area contributed by atoms with E-state index in [0.717, 1.165) is 24.3 Å². The van der Waals surface area contributed by atoms with E-state index >= 15 is 0 Å². The van der Waals surface area contributed by atoms with Gasteiger partial charge in [0.15, 0.2) is 11.6 Å². The summed E-state index contributed by atoms with van der Waals surface area (Å²) in [5, 5.41) is 6.65. The number of anilines is 2. The van der Waals surface area contributed by atoms with Crippen LogP contribution in [0.1, 0.15) is 5.69 Å². The van der Waals surface area contributed by atoms with Gasteiger partial charge in [-0.25, -0.2) is 17.6 Å². The van der Waals surface area contributed by atoms with Crippen molar-refractivity contribution in [3.05, 3.63) is 64.3 Å². The van der Waals surface area contributed by atoms with Crippen LogP contribution in [0.3, 0.4) is 0 Å². The second-order valence-corrected chi connectivity index (χ2v) is 5.86. The van der Waals surface area contributed by atoms with Crippen LogP contribution in [0.5, 0.6) is 0 Å². The maximum Gasteiger partial charge on any atom is 0.151 e.